The zero-order valence-corrected chi connectivity index (χ0v) is 13.0. The lowest BCUT2D eigenvalue weighted by molar-refractivity contribution is 0.109. The zero-order chi connectivity index (χ0) is 14.7. The largest absolute Gasteiger partial charge is 0.393 e. The lowest BCUT2D eigenvalue weighted by Gasteiger charge is -2.37. The van der Waals surface area contributed by atoms with Gasteiger partial charge in [0.15, 0.2) is 0 Å². The van der Waals surface area contributed by atoms with Crippen LogP contribution in [0.25, 0.3) is 0 Å². The van der Waals surface area contributed by atoms with Crippen molar-refractivity contribution in [3.05, 3.63) is 0 Å². The summed E-state index contributed by atoms with van der Waals surface area (Å²) in [6.07, 6.45) is 8.24. The van der Waals surface area contributed by atoms with Gasteiger partial charge in [0.05, 0.1) is 6.10 Å². The average molecular weight is 295 g/mol. The van der Waals surface area contributed by atoms with Crippen molar-refractivity contribution in [2.75, 3.05) is 26.2 Å². The van der Waals surface area contributed by atoms with E-state index in [0.717, 1.165) is 51.6 Å². The normalized spacial score (nSPS) is 32.3. The number of hydrogen-bond donors (Lipinski definition) is 2. The highest BCUT2D eigenvalue weighted by Gasteiger charge is 2.29. The van der Waals surface area contributed by atoms with E-state index in [4.69, 9.17) is 0 Å². The zero-order valence-electron chi connectivity index (χ0n) is 13.0. The van der Waals surface area contributed by atoms with Crippen molar-refractivity contribution in [3.63, 3.8) is 0 Å². The number of nitrogens with one attached hydrogen (secondary N) is 1. The van der Waals surface area contributed by atoms with Gasteiger partial charge in [0, 0.05) is 25.2 Å². The van der Waals surface area contributed by atoms with Gasteiger partial charge in [-0.1, -0.05) is 0 Å². The molecule has 2 heterocycles. The second-order valence-electron chi connectivity index (χ2n) is 6.92. The van der Waals surface area contributed by atoms with E-state index in [1.165, 1.54) is 25.9 Å². The van der Waals surface area contributed by atoms with Crippen molar-refractivity contribution < 1.29 is 9.90 Å². The minimum absolute atomic E-state index is 0.108. The molecule has 5 nitrogen and oxygen atoms in total. The molecule has 0 aromatic heterocycles. The number of carbonyl (C=O) groups excluding carboxylic acids is 1. The summed E-state index contributed by atoms with van der Waals surface area (Å²) in [5, 5.41) is 12.7. The summed E-state index contributed by atoms with van der Waals surface area (Å²) in [4.78, 5) is 16.9. The van der Waals surface area contributed by atoms with Crippen LogP contribution in [0, 0.1) is 0 Å². The van der Waals surface area contributed by atoms with Crippen LogP contribution in [-0.4, -0.2) is 65.3 Å². The van der Waals surface area contributed by atoms with Crippen molar-refractivity contribution >= 4 is 6.03 Å². The maximum Gasteiger partial charge on any atom is 0.317 e. The van der Waals surface area contributed by atoms with Crippen molar-refractivity contribution in [1.82, 2.24) is 15.1 Å². The highest BCUT2D eigenvalue weighted by atomic mass is 16.3. The maximum absolute atomic E-state index is 12.3. The van der Waals surface area contributed by atoms with Gasteiger partial charge in [-0.15, -0.1) is 0 Å². The maximum atomic E-state index is 12.3. The van der Waals surface area contributed by atoms with Crippen LogP contribution in [0.2, 0.25) is 0 Å². The van der Waals surface area contributed by atoms with Crippen LogP contribution in [0.15, 0.2) is 0 Å². The van der Waals surface area contributed by atoms with E-state index in [9.17, 15) is 9.90 Å². The van der Waals surface area contributed by atoms with Crippen LogP contribution < -0.4 is 5.32 Å². The average Bonchev–Trinajstić information content (AvgIpc) is 3.04. The molecule has 3 fully saturated rings. The van der Waals surface area contributed by atoms with Gasteiger partial charge in [0.25, 0.3) is 0 Å². The fourth-order valence-electron chi connectivity index (χ4n) is 4.03. The first-order valence-corrected chi connectivity index (χ1v) is 8.70. The minimum atomic E-state index is -0.158. The number of aliphatic hydroxyl groups is 1. The third-order valence-electron chi connectivity index (χ3n) is 5.43. The van der Waals surface area contributed by atoms with Crippen LogP contribution in [0.5, 0.6) is 0 Å². The van der Waals surface area contributed by atoms with E-state index in [1.807, 2.05) is 4.90 Å². The Morgan fingerprint density at radius 1 is 0.905 bits per heavy atom. The first-order chi connectivity index (χ1) is 10.2. The highest BCUT2D eigenvalue weighted by molar-refractivity contribution is 5.74. The Balaban J connectivity index is 1.40. The number of aliphatic hydroxyl groups excluding tert-OH is 1. The molecule has 3 rings (SSSR count). The Labute approximate surface area is 127 Å². The van der Waals surface area contributed by atoms with Gasteiger partial charge in [-0.25, -0.2) is 4.79 Å². The Kier molecular flexibility index (Phi) is 5.01. The predicted molar refractivity (Wildman–Crippen MR) is 82.2 cm³/mol. The number of rotatable bonds is 2. The summed E-state index contributed by atoms with van der Waals surface area (Å²) in [7, 11) is 0. The summed E-state index contributed by atoms with van der Waals surface area (Å²) >= 11 is 0. The molecule has 21 heavy (non-hydrogen) atoms. The third-order valence-corrected chi connectivity index (χ3v) is 5.43. The molecule has 0 bridgehead atoms. The molecule has 3 aliphatic rings. The molecule has 0 radical (unpaired) electrons. The molecule has 0 unspecified atom stereocenters. The monoisotopic (exact) mass is 295 g/mol. The number of nitrogens with zero attached hydrogens (tertiary/aromatic N) is 2. The van der Waals surface area contributed by atoms with Crippen LogP contribution in [-0.2, 0) is 0 Å². The molecule has 1 aliphatic carbocycles. The molecule has 0 spiro atoms. The summed E-state index contributed by atoms with van der Waals surface area (Å²) in [6.45, 7) is 4.28. The summed E-state index contributed by atoms with van der Waals surface area (Å²) in [5.41, 5.74) is 0. The molecule has 2 aliphatic heterocycles. The first kappa shape index (κ1) is 15.1. The van der Waals surface area contributed by atoms with Crippen molar-refractivity contribution in [1.29, 1.82) is 0 Å². The van der Waals surface area contributed by atoms with Crippen molar-refractivity contribution in [2.24, 2.45) is 0 Å². The molecular formula is C16H29N3O2. The number of amides is 2. The van der Waals surface area contributed by atoms with E-state index in [1.54, 1.807) is 0 Å². The van der Waals surface area contributed by atoms with Gasteiger partial charge in [-0.05, 0) is 64.5 Å². The van der Waals surface area contributed by atoms with Gasteiger partial charge in [-0.2, -0.15) is 0 Å². The first-order valence-electron chi connectivity index (χ1n) is 8.70. The molecule has 2 amide bonds. The van der Waals surface area contributed by atoms with Crippen molar-refractivity contribution in [3.8, 4) is 0 Å². The van der Waals surface area contributed by atoms with E-state index >= 15 is 0 Å². The lowest BCUT2D eigenvalue weighted by atomic mass is 9.93. The number of carbonyl (C=O) groups is 1. The molecule has 0 atom stereocenters. The third kappa shape index (κ3) is 3.89. The van der Waals surface area contributed by atoms with E-state index < -0.39 is 0 Å². The number of likely N-dealkylation sites (tertiary alicyclic amines) is 2. The Morgan fingerprint density at radius 3 is 2.14 bits per heavy atom. The van der Waals surface area contributed by atoms with Crippen LogP contribution >= 0.6 is 0 Å². The topological polar surface area (TPSA) is 55.8 Å². The number of urea groups is 1. The summed E-state index contributed by atoms with van der Waals surface area (Å²) in [5.74, 6) is 0. The van der Waals surface area contributed by atoms with Gasteiger partial charge < -0.3 is 20.2 Å². The van der Waals surface area contributed by atoms with Gasteiger partial charge in [-0.3, -0.25) is 0 Å². The Hall–Kier alpha value is -0.810. The standard InChI is InChI=1S/C16H29N3O2/c20-15-5-3-13(4-6-15)17-16(21)19-11-7-14(8-12-19)18-9-1-2-10-18/h13-15,20H,1-12H2,(H,17,21). The molecule has 2 saturated heterocycles. The van der Waals surface area contributed by atoms with Crippen LogP contribution in [0.1, 0.15) is 51.4 Å². The van der Waals surface area contributed by atoms with Gasteiger partial charge in [0.1, 0.15) is 0 Å². The van der Waals surface area contributed by atoms with Crippen LogP contribution in [0.3, 0.4) is 0 Å². The second-order valence-corrected chi connectivity index (χ2v) is 6.92. The smallest absolute Gasteiger partial charge is 0.317 e. The molecule has 2 N–H and O–H groups in total. The predicted octanol–water partition coefficient (Wildman–Crippen LogP) is 1.56. The SMILES string of the molecule is O=C(NC1CCC(O)CC1)N1CCC(N2CCCC2)CC1. The molecular weight excluding hydrogens is 266 g/mol. The van der Waals surface area contributed by atoms with E-state index in [0.29, 0.717) is 6.04 Å². The molecule has 0 aromatic carbocycles. The fraction of sp³-hybridized carbons (Fsp3) is 0.938. The van der Waals surface area contributed by atoms with Crippen molar-refractivity contribution in [2.45, 2.75) is 69.6 Å². The molecule has 1 saturated carbocycles. The highest BCUT2D eigenvalue weighted by Crippen LogP contribution is 2.22. The lowest BCUT2D eigenvalue weighted by Crippen LogP contribution is -2.51. The fourth-order valence-corrected chi connectivity index (χ4v) is 4.03. The Bertz CT molecular complexity index is 341. The number of hydrogen-bond acceptors (Lipinski definition) is 3. The number of piperidine rings is 1. The molecule has 5 heteroatoms. The van der Waals surface area contributed by atoms with Gasteiger partial charge >= 0.3 is 6.03 Å². The molecule has 120 valence electrons. The second kappa shape index (κ2) is 6.97. The minimum Gasteiger partial charge on any atom is -0.393 e. The van der Waals surface area contributed by atoms with E-state index in [2.05, 4.69) is 10.2 Å². The summed E-state index contributed by atoms with van der Waals surface area (Å²) < 4.78 is 0. The quantitative estimate of drug-likeness (QED) is 0.813. The molecule has 0 aromatic rings. The Morgan fingerprint density at radius 2 is 1.52 bits per heavy atom. The summed E-state index contributed by atoms with van der Waals surface area (Å²) in [6, 6.07) is 1.06. The van der Waals surface area contributed by atoms with Gasteiger partial charge in [0.2, 0.25) is 0 Å². The van der Waals surface area contributed by atoms with Crippen LogP contribution in [0.4, 0.5) is 4.79 Å². The van der Waals surface area contributed by atoms with E-state index in [-0.39, 0.29) is 18.2 Å².